The summed E-state index contributed by atoms with van der Waals surface area (Å²) in [5.74, 6) is -2.21. The number of ether oxygens (including phenoxy) is 1. The van der Waals surface area contributed by atoms with Crippen LogP contribution < -0.4 is 9.92 Å². The van der Waals surface area contributed by atoms with Crippen molar-refractivity contribution in [3.05, 3.63) is 53.4 Å². The molecular weight excluding hydrogens is 392 g/mol. The Kier molecular flexibility index (Phi) is 4.87. The maximum Gasteiger partial charge on any atom is 0.430 e. The topological polar surface area (TPSA) is 46.5 Å². The monoisotopic (exact) mass is 410 g/mol. The van der Waals surface area contributed by atoms with Crippen LogP contribution in [-0.2, 0) is 4.79 Å². The molecule has 0 saturated carbocycles. The van der Waals surface area contributed by atoms with Crippen LogP contribution >= 0.6 is 0 Å². The van der Waals surface area contributed by atoms with E-state index in [9.17, 15) is 27.5 Å². The van der Waals surface area contributed by atoms with Crippen LogP contribution in [0.25, 0.3) is 17.2 Å². The number of rotatable bonds is 3. The summed E-state index contributed by atoms with van der Waals surface area (Å²) >= 11 is 0. The van der Waals surface area contributed by atoms with Gasteiger partial charge in [0.2, 0.25) is 6.10 Å². The molecule has 28 heavy (non-hydrogen) atoms. The number of carbonyl (C=O) groups is 1. The molecule has 2 aromatic carbocycles. The molecule has 1 aliphatic heterocycles. The van der Waals surface area contributed by atoms with Crippen molar-refractivity contribution in [2.75, 3.05) is 0 Å². The Morgan fingerprint density at radius 2 is 1.71 bits per heavy atom. The first-order chi connectivity index (χ1) is 12.9. The first-order valence-corrected chi connectivity index (χ1v) is 12.0. The molecule has 1 atom stereocenters. The third-order valence-corrected chi connectivity index (χ3v) is 6.53. The van der Waals surface area contributed by atoms with Gasteiger partial charge in [0.15, 0.2) is 0 Å². The van der Waals surface area contributed by atoms with Crippen molar-refractivity contribution in [3.63, 3.8) is 0 Å². The van der Waals surface area contributed by atoms with Crippen molar-refractivity contribution in [3.8, 4) is 16.9 Å². The third-order valence-electron chi connectivity index (χ3n) is 4.51. The second-order valence-corrected chi connectivity index (χ2v) is 12.7. The number of benzene rings is 2. The molecule has 148 valence electrons. The number of alkyl halides is 3. The first-order valence-electron chi connectivity index (χ1n) is 8.50. The fourth-order valence-corrected chi connectivity index (χ4v) is 4.17. The van der Waals surface area contributed by atoms with Crippen LogP contribution in [0, 0.1) is 5.82 Å². The Bertz CT molecular complexity index is 957. The van der Waals surface area contributed by atoms with Gasteiger partial charge in [0.1, 0.15) is 11.6 Å². The number of hydrogen-bond donors (Lipinski definition) is 1. The predicted octanol–water partition coefficient (Wildman–Crippen LogP) is 4.83. The van der Waals surface area contributed by atoms with Gasteiger partial charge < -0.3 is 9.84 Å². The maximum atomic E-state index is 13.4. The van der Waals surface area contributed by atoms with E-state index in [-0.39, 0.29) is 11.3 Å². The van der Waals surface area contributed by atoms with E-state index in [1.54, 1.807) is 12.1 Å². The molecule has 0 saturated heterocycles. The Labute approximate surface area is 160 Å². The lowest BCUT2D eigenvalue weighted by Crippen LogP contribution is -2.42. The lowest BCUT2D eigenvalue weighted by atomic mass is 9.95. The number of fused-ring (bicyclic) bond motifs is 1. The molecule has 1 unspecified atom stereocenters. The highest BCUT2D eigenvalue weighted by Crippen LogP contribution is 2.42. The van der Waals surface area contributed by atoms with Gasteiger partial charge in [0.25, 0.3) is 0 Å². The fourth-order valence-electron chi connectivity index (χ4n) is 3.01. The van der Waals surface area contributed by atoms with Gasteiger partial charge in [-0.15, -0.1) is 0 Å². The van der Waals surface area contributed by atoms with Crippen LogP contribution in [0.4, 0.5) is 17.6 Å². The van der Waals surface area contributed by atoms with Crippen LogP contribution in [0.2, 0.25) is 19.6 Å². The highest BCUT2D eigenvalue weighted by molar-refractivity contribution is 6.88. The Hall–Kier alpha value is -2.61. The zero-order valence-corrected chi connectivity index (χ0v) is 16.4. The zero-order valence-electron chi connectivity index (χ0n) is 15.4. The minimum Gasteiger partial charge on any atom is -0.478 e. The van der Waals surface area contributed by atoms with Crippen LogP contribution in [0.3, 0.4) is 0 Å². The highest BCUT2D eigenvalue weighted by atomic mass is 28.3. The summed E-state index contributed by atoms with van der Waals surface area (Å²) in [6.45, 7) is 6.19. The van der Waals surface area contributed by atoms with E-state index in [0.29, 0.717) is 11.1 Å². The van der Waals surface area contributed by atoms with E-state index in [1.807, 2.05) is 0 Å². The van der Waals surface area contributed by atoms with Crippen molar-refractivity contribution < 1.29 is 32.2 Å². The lowest BCUT2D eigenvalue weighted by Gasteiger charge is -2.30. The minimum atomic E-state index is -4.89. The summed E-state index contributed by atoms with van der Waals surface area (Å²) in [5, 5.41) is 10.2. The van der Waals surface area contributed by atoms with Crippen LogP contribution in [-0.4, -0.2) is 31.4 Å². The summed E-state index contributed by atoms with van der Waals surface area (Å²) in [7, 11) is -1.90. The van der Waals surface area contributed by atoms with Crippen molar-refractivity contribution in [2.45, 2.75) is 31.9 Å². The van der Waals surface area contributed by atoms with Crippen molar-refractivity contribution in [1.82, 2.24) is 0 Å². The van der Waals surface area contributed by atoms with Crippen molar-refractivity contribution in [1.29, 1.82) is 0 Å². The lowest BCUT2D eigenvalue weighted by molar-refractivity contribution is -0.187. The van der Waals surface area contributed by atoms with Gasteiger partial charge in [-0.25, -0.2) is 9.18 Å². The van der Waals surface area contributed by atoms with Gasteiger partial charge in [-0.05, 0) is 23.8 Å². The van der Waals surface area contributed by atoms with E-state index in [1.165, 1.54) is 24.3 Å². The smallest absolute Gasteiger partial charge is 0.430 e. The number of carboxylic acids is 1. The van der Waals surface area contributed by atoms with Gasteiger partial charge in [-0.2, -0.15) is 13.2 Å². The second-order valence-electron chi connectivity index (χ2n) is 7.64. The normalized spacial score (nSPS) is 16.8. The molecule has 0 aliphatic carbocycles. The summed E-state index contributed by atoms with van der Waals surface area (Å²) in [6.07, 6.45) is -6.44. The minimum absolute atomic E-state index is 0.0547. The molecule has 1 heterocycles. The molecule has 0 bridgehead atoms. The molecule has 8 heteroatoms. The standard InChI is InChI=1S/C20H18F4O3Si/c1-28(2,3)14-8-12-9-16(19(25)26)18(20(22,23)24)27-17(12)15(10-14)11-4-6-13(21)7-5-11/h4-10,18H,1-3H3,(H,25,26). The molecule has 2 aromatic rings. The first kappa shape index (κ1) is 20.1. The SMILES string of the molecule is C[Si](C)(C)c1cc2c(c(-c3ccc(F)cc3)c1)OC(C(F)(F)F)C(C(=O)O)=C2. The van der Waals surface area contributed by atoms with Gasteiger partial charge >= 0.3 is 12.1 Å². The van der Waals surface area contributed by atoms with Gasteiger partial charge in [-0.3, -0.25) is 0 Å². The number of halogens is 4. The Morgan fingerprint density at radius 1 is 1.11 bits per heavy atom. The number of carboxylic acid groups (broad SMARTS) is 1. The van der Waals surface area contributed by atoms with Crippen molar-refractivity contribution >= 4 is 25.3 Å². The molecule has 0 spiro atoms. The average molecular weight is 410 g/mol. The fraction of sp³-hybridized carbons (Fsp3) is 0.250. The molecule has 0 amide bonds. The van der Waals surface area contributed by atoms with Crippen molar-refractivity contribution in [2.24, 2.45) is 0 Å². The predicted molar refractivity (Wildman–Crippen MR) is 101 cm³/mol. The Balaban J connectivity index is 2.30. The molecule has 3 nitrogen and oxygen atoms in total. The van der Waals surface area contributed by atoms with Gasteiger partial charge in [0, 0.05) is 11.1 Å². The maximum absolute atomic E-state index is 13.4. The molecule has 1 aliphatic rings. The summed E-state index contributed by atoms with van der Waals surface area (Å²) in [4.78, 5) is 11.4. The molecule has 3 rings (SSSR count). The zero-order chi connectivity index (χ0) is 20.9. The Morgan fingerprint density at radius 3 is 2.21 bits per heavy atom. The third kappa shape index (κ3) is 3.82. The molecule has 0 fully saturated rings. The van der Waals surface area contributed by atoms with E-state index in [2.05, 4.69) is 19.6 Å². The average Bonchev–Trinajstić information content (AvgIpc) is 2.58. The van der Waals surface area contributed by atoms with E-state index in [4.69, 9.17) is 4.74 Å². The number of hydrogen-bond acceptors (Lipinski definition) is 2. The molecule has 0 radical (unpaired) electrons. The largest absolute Gasteiger partial charge is 0.478 e. The second kappa shape index (κ2) is 6.77. The van der Waals surface area contributed by atoms with Gasteiger partial charge in [-0.1, -0.05) is 49.1 Å². The summed E-state index contributed by atoms with van der Waals surface area (Å²) in [6, 6.07) is 8.79. The number of aliphatic carboxylic acids is 1. The van der Waals surface area contributed by atoms with Crippen LogP contribution in [0.15, 0.2) is 42.0 Å². The van der Waals surface area contributed by atoms with E-state index >= 15 is 0 Å². The summed E-state index contributed by atoms with van der Waals surface area (Å²) < 4.78 is 58.8. The van der Waals surface area contributed by atoms with Crippen LogP contribution in [0.1, 0.15) is 5.56 Å². The van der Waals surface area contributed by atoms with E-state index in [0.717, 1.165) is 11.3 Å². The summed E-state index contributed by atoms with van der Waals surface area (Å²) in [5.41, 5.74) is 0.283. The molecule has 0 aromatic heterocycles. The quantitative estimate of drug-likeness (QED) is 0.582. The highest BCUT2D eigenvalue weighted by Gasteiger charge is 2.49. The van der Waals surface area contributed by atoms with Crippen LogP contribution in [0.5, 0.6) is 5.75 Å². The molecular formula is C20H18F4O3Si. The van der Waals surface area contributed by atoms with E-state index < -0.39 is 37.7 Å². The van der Waals surface area contributed by atoms with Gasteiger partial charge in [0.05, 0.1) is 13.6 Å². The molecule has 1 N–H and O–H groups in total.